The van der Waals surface area contributed by atoms with E-state index in [2.05, 4.69) is 26.8 Å². The quantitative estimate of drug-likeness (QED) is 0.548. The van der Waals surface area contributed by atoms with Crippen LogP contribution in [-0.4, -0.2) is 6.10 Å². The summed E-state index contributed by atoms with van der Waals surface area (Å²) in [5.74, 6) is 1.41. The standard InChI is InChI=1S/C14H27NO/c1-7-8-11(4)12(5)9-14(13(6)15)16-10(2)3/h9-11H,7-8,15H2,1-6H3/b12-9+,14-13-. The second-order valence-corrected chi connectivity index (χ2v) is 4.79. The highest BCUT2D eigenvalue weighted by Gasteiger charge is 2.07. The zero-order valence-corrected chi connectivity index (χ0v) is 11.6. The summed E-state index contributed by atoms with van der Waals surface area (Å²) in [5.41, 5.74) is 7.90. The van der Waals surface area contributed by atoms with Gasteiger partial charge in [-0.25, -0.2) is 0 Å². The minimum atomic E-state index is 0.166. The topological polar surface area (TPSA) is 35.2 Å². The van der Waals surface area contributed by atoms with Gasteiger partial charge in [0.25, 0.3) is 0 Å². The van der Waals surface area contributed by atoms with Crippen molar-refractivity contribution >= 4 is 0 Å². The van der Waals surface area contributed by atoms with Gasteiger partial charge in [0.15, 0.2) is 0 Å². The highest BCUT2D eigenvalue weighted by atomic mass is 16.5. The maximum Gasteiger partial charge on any atom is 0.138 e. The summed E-state index contributed by atoms with van der Waals surface area (Å²) in [4.78, 5) is 0. The lowest BCUT2D eigenvalue weighted by Gasteiger charge is -2.16. The minimum absolute atomic E-state index is 0.166. The SMILES string of the molecule is CCCC(C)/C(C)=C/C(OC(C)C)=C(\C)N. The summed E-state index contributed by atoms with van der Waals surface area (Å²) in [6, 6.07) is 0. The molecule has 0 radical (unpaired) electrons. The van der Waals surface area contributed by atoms with Gasteiger partial charge in [0, 0.05) is 5.70 Å². The predicted octanol–water partition coefficient (Wildman–Crippen LogP) is 3.98. The van der Waals surface area contributed by atoms with E-state index in [0.29, 0.717) is 5.92 Å². The van der Waals surface area contributed by atoms with Crippen LogP contribution in [0.1, 0.15) is 54.4 Å². The number of allylic oxidation sites excluding steroid dienone is 3. The van der Waals surface area contributed by atoms with Crippen molar-refractivity contribution in [3.05, 3.63) is 23.1 Å². The van der Waals surface area contributed by atoms with E-state index in [9.17, 15) is 0 Å². The fourth-order valence-electron chi connectivity index (χ4n) is 1.50. The van der Waals surface area contributed by atoms with Gasteiger partial charge in [-0.3, -0.25) is 0 Å². The van der Waals surface area contributed by atoms with Gasteiger partial charge < -0.3 is 10.5 Å². The molecule has 0 aromatic rings. The molecule has 2 N–H and O–H groups in total. The van der Waals surface area contributed by atoms with E-state index < -0.39 is 0 Å². The largest absolute Gasteiger partial charge is 0.489 e. The number of hydrogen-bond acceptors (Lipinski definition) is 2. The van der Waals surface area contributed by atoms with Gasteiger partial charge in [-0.05, 0) is 46.1 Å². The Hall–Kier alpha value is -0.920. The van der Waals surface area contributed by atoms with E-state index in [1.807, 2.05) is 20.8 Å². The first-order valence-corrected chi connectivity index (χ1v) is 6.19. The molecule has 0 bridgehead atoms. The first kappa shape index (κ1) is 15.1. The van der Waals surface area contributed by atoms with E-state index in [1.54, 1.807) is 0 Å². The number of nitrogens with two attached hydrogens (primary N) is 1. The van der Waals surface area contributed by atoms with Gasteiger partial charge in [-0.2, -0.15) is 0 Å². The summed E-state index contributed by atoms with van der Waals surface area (Å²) in [5, 5.41) is 0. The third-order valence-electron chi connectivity index (χ3n) is 2.61. The van der Waals surface area contributed by atoms with Crippen LogP contribution in [0.3, 0.4) is 0 Å². The second kappa shape index (κ2) is 7.37. The number of hydrogen-bond donors (Lipinski definition) is 1. The number of rotatable bonds is 6. The lowest BCUT2D eigenvalue weighted by molar-refractivity contribution is 0.154. The summed E-state index contributed by atoms with van der Waals surface area (Å²) >= 11 is 0. The van der Waals surface area contributed by atoms with Crippen molar-refractivity contribution in [2.24, 2.45) is 11.7 Å². The molecule has 0 rings (SSSR count). The van der Waals surface area contributed by atoms with Crippen LogP contribution in [0.2, 0.25) is 0 Å². The minimum Gasteiger partial charge on any atom is -0.489 e. The van der Waals surface area contributed by atoms with E-state index in [0.717, 1.165) is 11.5 Å². The molecule has 2 heteroatoms. The molecule has 0 aliphatic carbocycles. The third kappa shape index (κ3) is 5.84. The number of ether oxygens (including phenoxy) is 1. The maximum absolute atomic E-state index is 5.82. The van der Waals surface area contributed by atoms with E-state index in [-0.39, 0.29) is 6.10 Å². The maximum atomic E-state index is 5.82. The van der Waals surface area contributed by atoms with Gasteiger partial charge in [-0.1, -0.05) is 25.8 Å². The van der Waals surface area contributed by atoms with Gasteiger partial charge in [-0.15, -0.1) is 0 Å². The van der Waals surface area contributed by atoms with Crippen LogP contribution in [0, 0.1) is 5.92 Å². The molecule has 0 saturated heterocycles. The zero-order valence-electron chi connectivity index (χ0n) is 11.6. The van der Waals surface area contributed by atoms with E-state index >= 15 is 0 Å². The van der Waals surface area contributed by atoms with Crippen molar-refractivity contribution in [2.45, 2.75) is 60.5 Å². The molecular weight excluding hydrogens is 198 g/mol. The van der Waals surface area contributed by atoms with E-state index in [4.69, 9.17) is 10.5 Å². The van der Waals surface area contributed by atoms with Crippen LogP contribution in [0.25, 0.3) is 0 Å². The molecule has 0 heterocycles. The average Bonchev–Trinajstić information content (AvgIpc) is 2.16. The van der Waals surface area contributed by atoms with Crippen LogP contribution >= 0.6 is 0 Å². The van der Waals surface area contributed by atoms with Crippen molar-refractivity contribution < 1.29 is 4.74 Å². The monoisotopic (exact) mass is 225 g/mol. The van der Waals surface area contributed by atoms with Gasteiger partial charge in [0.2, 0.25) is 0 Å². The zero-order chi connectivity index (χ0) is 12.7. The molecule has 0 saturated carbocycles. The average molecular weight is 225 g/mol. The molecule has 1 unspecified atom stereocenters. The van der Waals surface area contributed by atoms with Crippen molar-refractivity contribution in [1.29, 1.82) is 0 Å². The summed E-state index contributed by atoms with van der Waals surface area (Å²) < 4.78 is 5.69. The Morgan fingerprint density at radius 2 is 1.81 bits per heavy atom. The molecule has 0 fully saturated rings. The molecule has 1 atom stereocenters. The molecule has 16 heavy (non-hydrogen) atoms. The van der Waals surface area contributed by atoms with Gasteiger partial charge in [0.05, 0.1) is 6.10 Å². The molecule has 0 aliphatic rings. The molecule has 0 aromatic heterocycles. The van der Waals surface area contributed by atoms with Crippen LogP contribution in [0.4, 0.5) is 0 Å². The Kier molecular flexibility index (Phi) is 6.95. The summed E-state index contributed by atoms with van der Waals surface area (Å²) in [7, 11) is 0. The summed E-state index contributed by atoms with van der Waals surface area (Å²) in [6.07, 6.45) is 4.66. The van der Waals surface area contributed by atoms with Gasteiger partial charge >= 0.3 is 0 Å². The highest BCUT2D eigenvalue weighted by Crippen LogP contribution is 2.19. The predicted molar refractivity (Wildman–Crippen MR) is 70.9 cm³/mol. The molecule has 2 nitrogen and oxygen atoms in total. The van der Waals surface area contributed by atoms with E-state index in [1.165, 1.54) is 18.4 Å². The Morgan fingerprint density at radius 3 is 2.19 bits per heavy atom. The molecular formula is C14H27NO. The Labute approximate surface area is 101 Å². The lowest BCUT2D eigenvalue weighted by Crippen LogP contribution is -2.08. The highest BCUT2D eigenvalue weighted by molar-refractivity contribution is 5.22. The second-order valence-electron chi connectivity index (χ2n) is 4.79. The van der Waals surface area contributed by atoms with Crippen molar-refractivity contribution in [2.75, 3.05) is 0 Å². The van der Waals surface area contributed by atoms with Crippen LogP contribution in [0.5, 0.6) is 0 Å². The molecule has 0 spiro atoms. The Balaban J connectivity index is 4.73. The van der Waals surface area contributed by atoms with Crippen molar-refractivity contribution in [3.63, 3.8) is 0 Å². The molecule has 0 aromatic carbocycles. The molecule has 0 aliphatic heterocycles. The van der Waals surface area contributed by atoms with Crippen molar-refractivity contribution in [1.82, 2.24) is 0 Å². The normalized spacial score (nSPS) is 16.1. The lowest BCUT2D eigenvalue weighted by atomic mass is 9.97. The van der Waals surface area contributed by atoms with Crippen LogP contribution < -0.4 is 5.73 Å². The first-order valence-electron chi connectivity index (χ1n) is 6.19. The van der Waals surface area contributed by atoms with Crippen LogP contribution in [0.15, 0.2) is 23.1 Å². The smallest absolute Gasteiger partial charge is 0.138 e. The molecule has 94 valence electrons. The Morgan fingerprint density at radius 1 is 1.25 bits per heavy atom. The van der Waals surface area contributed by atoms with Crippen molar-refractivity contribution in [3.8, 4) is 0 Å². The third-order valence-corrected chi connectivity index (χ3v) is 2.61. The van der Waals surface area contributed by atoms with Gasteiger partial charge in [0.1, 0.15) is 5.76 Å². The fraction of sp³-hybridized carbons (Fsp3) is 0.714. The Bertz CT molecular complexity index is 260. The fourth-order valence-corrected chi connectivity index (χ4v) is 1.50. The first-order chi connectivity index (χ1) is 7.38. The van der Waals surface area contributed by atoms with Crippen LogP contribution in [-0.2, 0) is 4.74 Å². The summed E-state index contributed by atoms with van der Waals surface area (Å²) in [6.45, 7) is 12.5. The molecule has 0 amide bonds.